The van der Waals surface area contributed by atoms with Gasteiger partial charge in [-0.3, -0.25) is 43.3 Å². The largest absolute Gasteiger partial charge is 0.508 e. The third kappa shape index (κ3) is 19.4. The fourth-order valence-corrected chi connectivity index (χ4v) is 5.17. The van der Waals surface area contributed by atoms with Crippen molar-refractivity contribution in [2.45, 2.75) is 102 Å². The predicted molar refractivity (Wildman–Crippen MR) is 207 cm³/mol. The van der Waals surface area contributed by atoms with Crippen molar-refractivity contribution in [3.8, 4) is 5.75 Å². The van der Waals surface area contributed by atoms with E-state index in [-0.39, 0.29) is 50.4 Å². The van der Waals surface area contributed by atoms with E-state index >= 15 is 0 Å². The van der Waals surface area contributed by atoms with Gasteiger partial charge in [0.05, 0.1) is 25.1 Å². The highest BCUT2D eigenvalue weighted by molar-refractivity contribution is 5.97. The van der Waals surface area contributed by atoms with Crippen molar-refractivity contribution in [2.75, 3.05) is 13.1 Å². The number of carbonyl (C=O) groups is 9. The first-order valence-electron chi connectivity index (χ1n) is 18.3. The first-order valence-corrected chi connectivity index (χ1v) is 18.3. The maximum Gasteiger partial charge on any atom is 0.328 e. The molecule has 0 bridgehead atoms. The minimum absolute atomic E-state index is 0.0423. The molecule has 59 heavy (non-hydrogen) atoms. The third-order valence-corrected chi connectivity index (χ3v) is 8.37. The van der Waals surface area contributed by atoms with Gasteiger partial charge in [0.2, 0.25) is 41.4 Å². The van der Waals surface area contributed by atoms with Crippen LogP contribution in [0.2, 0.25) is 0 Å². The molecule has 0 aliphatic rings. The fourth-order valence-electron chi connectivity index (χ4n) is 5.17. The highest BCUT2D eigenvalue weighted by Crippen LogP contribution is 2.13. The van der Waals surface area contributed by atoms with Gasteiger partial charge in [0.1, 0.15) is 29.9 Å². The molecule has 0 saturated heterocycles. The number of aliphatic hydroxyl groups is 1. The molecular formula is C35H55N11O13. The highest BCUT2D eigenvalue weighted by atomic mass is 16.4. The molecule has 18 N–H and O–H groups in total. The number of aliphatic imine (C=N–C) groups is 1. The van der Waals surface area contributed by atoms with Crippen LogP contribution in [0, 0.1) is 5.92 Å². The normalized spacial score (nSPS) is 14.4. The van der Waals surface area contributed by atoms with Gasteiger partial charge in [-0.2, -0.15) is 0 Å². The lowest BCUT2D eigenvalue weighted by Gasteiger charge is -2.28. The number of nitrogens with one attached hydrogen (secondary N) is 6. The summed E-state index contributed by atoms with van der Waals surface area (Å²) in [6.45, 7) is 3.39. The molecule has 7 atom stereocenters. The van der Waals surface area contributed by atoms with E-state index in [1.54, 1.807) is 0 Å². The summed E-state index contributed by atoms with van der Waals surface area (Å²) in [4.78, 5) is 117. The van der Waals surface area contributed by atoms with Gasteiger partial charge >= 0.3 is 11.9 Å². The number of benzene rings is 1. The molecule has 0 aliphatic heterocycles. The summed E-state index contributed by atoms with van der Waals surface area (Å²) >= 11 is 0. The molecule has 24 heteroatoms. The number of carboxylic acids is 2. The number of hydrogen-bond acceptors (Lipinski definition) is 13. The van der Waals surface area contributed by atoms with Crippen LogP contribution in [0.1, 0.15) is 58.4 Å². The Morgan fingerprint density at radius 2 is 1.29 bits per heavy atom. The second kappa shape index (κ2) is 24.9. The van der Waals surface area contributed by atoms with Gasteiger partial charge < -0.3 is 75.3 Å². The molecule has 0 fully saturated rings. The van der Waals surface area contributed by atoms with Crippen molar-refractivity contribution >= 4 is 59.2 Å². The van der Waals surface area contributed by atoms with E-state index in [4.69, 9.17) is 22.9 Å². The number of aliphatic carboxylic acids is 2. The molecule has 0 unspecified atom stereocenters. The Morgan fingerprint density at radius 3 is 1.81 bits per heavy atom. The van der Waals surface area contributed by atoms with E-state index in [1.807, 2.05) is 0 Å². The molecule has 0 saturated carbocycles. The zero-order chi connectivity index (χ0) is 45.0. The molecule has 0 aromatic heterocycles. The van der Waals surface area contributed by atoms with E-state index in [1.165, 1.54) is 38.1 Å². The molecule has 1 rings (SSSR count). The maximum absolute atomic E-state index is 13.6. The van der Waals surface area contributed by atoms with Gasteiger partial charge in [0.15, 0.2) is 12.0 Å². The second-order valence-corrected chi connectivity index (χ2v) is 13.8. The summed E-state index contributed by atoms with van der Waals surface area (Å²) in [5.41, 5.74) is 21.9. The number of guanidine groups is 1. The first-order chi connectivity index (χ1) is 27.5. The number of phenols is 1. The van der Waals surface area contributed by atoms with E-state index < -0.39 is 115 Å². The van der Waals surface area contributed by atoms with Crippen molar-refractivity contribution in [3.63, 3.8) is 0 Å². The summed E-state index contributed by atoms with van der Waals surface area (Å²) in [7, 11) is 0. The van der Waals surface area contributed by atoms with Crippen molar-refractivity contribution in [2.24, 2.45) is 33.8 Å². The Labute approximate surface area is 338 Å². The number of amides is 7. The molecular weight excluding hydrogens is 782 g/mol. The zero-order valence-electron chi connectivity index (χ0n) is 32.8. The van der Waals surface area contributed by atoms with E-state index in [0.29, 0.717) is 5.56 Å². The summed E-state index contributed by atoms with van der Waals surface area (Å²) in [5.74, 6) is -10.7. The van der Waals surface area contributed by atoms with E-state index in [0.717, 1.165) is 6.92 Å². The molecule has 1 aromatic rings. The molecule has 328 valence electrons. The number of carbonyl (C=O) groups excluding carboxylic acids is 7. The molecule has 1 aromatic carbocycles. The van der Waals surface area contributed by atoms with Gasteiger partial charge in [0, 0.05) is 19.4 Å². The summed E-state index contributed by atoms with van der Waals surface area (Å²) in [6, 6.07) is -3.53. The lowest BCUT2D eigenvalue weighted by atomic mass is 10.00. The smallest absolute Gasteiger partial charge is 0.328 e. The average molecular weight is 838 g/mol. The van der Waals surface area contributed by atoms with Crippen molar-refractivity contribution in [1.29, 1.82) is 0 Å². The minimum atomic E-state index is -1.80. The van der Waals surface area contributed by atoms with Crippen LogP contribution in [0.3, 0.4) is 0 Å². The first kappa shape index (κ1) is 50.5. The van der Waals surface area contributed by atoms with Gasteiger partial charge in [-0.15, -0.1) is 0 Å². The third-order valence-electron chi connectivity index (χ3n) is 8.37. The molecule has 0 radical (unpaired) electrons. The van der Waals surface area contributed by atoms with Crippen LogP contribution in [0.4, 0.5) is 0 Å². The van der Waals surface area contributed by atoms with Crippen LogP contribution < -0.4 is 54.8 Å². The predicted octanol–water partition coefficient (Wildman–Crippen LogP) is -5.28. The minimum Gasteiger partial charge on any atom is -0.508 e. The Morgan fingerprint density at radius 1 is 0.712 bits per heavy atom. The van der Waals surface area contributed by atoms with Crippen molar-refractivity contribution in [3.05, 3.63) is 29.8 Å². The molecule has 7 amide bonds. The number of aliphatic hydroxyl groups excluding tert-OH is 1. The van der Waals surface area contributed by atoms with Crippen LogP contribution in [0.5, 0.6) is 5.75 Å². The number of carboxylic acid groups (broad SMARTS) is 2. The number of hydrogen-bond donors (Lipinski definition) is 14. The maximum atomic E-state index is 13.6. The number of nitrogens with two attached hydrogens (primary N) is 4. The van der Waals surface area contributed by atoms with Gasteiger partial charge in [-0.05, 0) is 49.8 Å². The van der Waals surface area contributed by atoms with Crippen LogP contribution >= 0.6 is 0 Å². The Kier molecular flexibility index (Phi) is 21.3. The van der Waals surface area contributed by atoms with E-state index in [9.17, 15) is 63.6 Å². The Balaban J connectivity index is 3.17. The van der Waals surface area contributed by atoms with E-state index in [2.05, 4.69) is 36.9 Å². The van der Waals surface area contributed by atoms with Crippen molar-refractivity contribution < 1.29 is 63.6 Å². The topological polar surface area (TPSA) is 423 Å². The summed E-state index contributed by atoms with van der Waals surface area (Å²) in [5, 5.41) is 52.3. The molecule has 0 spiro atoms. The number of phenolic OH excluding ortho intramolecular Hbond substituents is 1. The molecule has 0 aliphatic carbocycles. The quantitative estimate of drug-likeness (QED) is 0.0235. The highest BCUT2D eigenvalue weighted by Gasteiger charge is 2.34. The van der Waals surface area contributed by atoms with Gasteiger partial charge in [0.25, 0.3) is 0 Å². The lowest BCUT2D eigenvalue weighted by Crippen LogP contribution is -2.60. The average Bonchev–Trinajstić information content (AvgIpc) is 3.14. The van der Waals surface area contributed by atoms with Crippen LogP contribution in [-0.4, -0.2) is 135 Å². The molecule has 0 heterocycles. The monoisotopic (exact) mass is 837 g/mol. The SMILES string of the molecule is CC(C)[C@H](NC(=O)[C@H](CC(=O)O)NC(=O)CNC(=O)[C@H](CCCN=C(N)N)NC(=O)[C@@H](N)CCC(N)=O)C(=O)N[C@@H](Cc1ccc(O)cc1)C(=O)N[C@H](C(=O)O)[C@@H](C)O. The van der Waals surface area contributed by atoms with Gasteiger partial charge in [-0.25, -0.2) is 4.79 Å². The lowest BCUT2D eigenvalue weighted by molar-refractivity contribution is -0.145. The Hall–Kier alpha value is -6.56. The van der Waals surface area contributed by atoms with Gasteiger partial charge in [-0.1, -0.05) is 26.0 Å². The number of rotatable bonds is 26. The summed E-state index contributed by atoms with van der Waals surface area (Å²) < 4.78 is 0. The van der Waals surface area contributed by atoms with Crippen molar-refractivity contribution in [1.82, 2.24) is 31.9 Å². The zero-order valence-corrected chi connectivity index (χ0v) is 32.8. The number of aromatic hydroxyl groups is 1. The Bertz CT molecular complexity index is 1680. The standard InChI is InChI=1S/C35H55N11O13/c1-16(2)27(33(57)44-22(13-18-6-8-19(48)9-7-18)31(55)46-28(17(3)47)34(58)59)45-32(56)23(14-26(51)52)42-25(50)15-41-30(54)21(5-4-12-40-35(38)39)43-29(53)20(36)10-11-24(37)49/h6-9,16-17,20-23,27-28,47-48H,4-5,10-15,36H2,1-3H3,(H2,37,49)(H,41,54)(H,42,50)(H,43,53)(H,44,57)(H,45,56)(H,46,55)(H,51,52)(H,58,59)(H4,38,39,40)/t17-,20+,21+,22+,23+,27+,28+/m1/s1. The number of primary amides is 1. The van der Waals surface area contributed by atoms with Crippen LogP contribution in [-0.2, 0) is 49.6 Å². The second-order valence-electron chi connectivity index (χ2n) is 13.8. The van der Waals surface area contributed by atoms with Crippen LogP contribution in [0.15, 0.2) is 29.3 Å². The fraction of sp³-hybridized carbons (Fsp3) is 0.543. The summed E-state index contributed by atoms with van der Waals surface area (Å²) in [6.07, 6.45) is -2.95. The number of nitrogens with zero attached hydrogens (tertiary/aromatic N) is 1. The molecule has 24 nitrogen and oxygen atoms in total. The van der Waals surface area contributed by atoms with Crippen LogP contribution in [0.25, 0.3) is 0 Å².